The van der Waals surface area contributed by atoms with Gasteiger partial charge in [0.05, 0.1) is 23.8 Å². The molecule has 1 aromatic carbocycles. The molecule has 0 aliphatic carbocycles. The lowest BCUT2D eigenvalue weighted by atomic mass is 10.0. The van der Waals surface area contributed by atoms with Crippen molar-refractivity contribution in [3.8, 4) is 5.75 Å². The van der Waals surface area contributed by atoms with Crippen LogP contribution in [0, 0.1) is 13.8 Å². The molecule has 2 aromatic heterocycles. The highest BCUT2D eigenvalue weighted by atomic mass is 19.3. The molecule has 2 N–H and O–H groups in total. The molecule has 4 rings (SSSR count). The number of ether oxygens (including phenoxy) is 1. The van der Waals surface area contributed by atoms with Gasteiger partial charge in [0.15, 0.2) is 0 Å². The monoisotopic (exact) mass is 415 g/mol. The van der Waals surface area contributed by atoms with Crippen LogP contribution in [0.2, 0.25) is 0 Å². The summed E-state index contributed by atoms with van der Waals surface area (Å²) in [6.45, 7) is 3.85. The van der Waals surface area contributed by atoms with Crippen LogP contribution in [0.1, 0.15) is 33.8 Å². The van der Waals surface area contributed by atoms with E-state index in [0.717, 1.165) is 11.3 Å². The summed E-state index contributed by atoms with van der Waals surface area (Å²) in [6, 6.07) is 7.73. The molecule has 1 amide bonds. The van der Waals surface area contributed by atoms with E-state index in [-0.39, 0.29) is 18.6 Å². The zero-order chi connectivity index (χ0) is 21.3. The van der Waals surface area contributed by atoms with Gasteiger partial charge in [-0.05, 0) is 56.6 Å². The van der Waals surface area contributed by atoms with Gasteiger partial charge in [-0.1, -0.05) is 6.07 Å². The molecule has 1 aliphatic heterocycles. The molecule has 0 bridgehead atoms. The van der Waals surface area contributed by atoms with Crippen molar-refractivity contribution in [3.63, 3.8) is 0 Å². The smallest absolute Gasteiger partial charge is 0.280 e. The van der Waals surface area contributed by atoms with Crippen LogP contribution in [-0.4, -0.2) is 35.9 Å². The molecule has 8 heteroatoms. The zero-order valence-corrected chi connectivity index (χ0v) is 16.8. The zero-order valence-electron chi connectivity index (χ0n) is 16.8. The van der Waals surface area contributed by atoms with Crippen LogP contribution in [-0.2, 0) is 6.61 Å². The van der Waals surface area contributed by atoms with E-state index in [9.17, 15) is 13.6 Å². The first kappa shape index (κ1) is 20.3. The van der Waals surface area contributed by atoms with Crippen LogP contribution in [0.5, 0.6) is 5.75 Å². The van der Waals surface area contributed by atoms with Gasteiger partial charge in [-0.15, -0.1) is 0 Å². The van der Waals surface area contributed by atoms with Gasteiger partial charge in [0.25, 0.3) is 11.8 Å². The quantitative estimate of drug-likeness (QED) is 0.664. The number of carbonyl (C=O) groups is 1. The highest BCUT2D eigenvalue weighted by Crippen LogP contribution is 2.30. The molecule has 1 aliphatic rings. The van der Waals surface area contributed by atoms with E-state index in [2.05, 4.69) is 15.6 Å². The number of benzene rings is 1. The van der Waals surface area contributed by atoms with Gasteiger partial charge >= 0.3 is 0 Å². The standard InChI is InChI=1S/C22H23F2N3O3/c1-13-4-3-8-26-17(13)11-29-15-5-6-18-16(10-15)20(14(2)30-18)21(28)27-19-7-9-25-12-22(19,23)24/h3-6,8,10,19,25H,7,9,11-12H2,1-2H3,(H,27,28). The van der Waals surface area contributed by atoms with Crippen LogP contribution < -0.4 is 15.4 Å². The fourth-order valence-corrected chi connectivity index (χ4v) is 3.64. The summed E-state index contributed by atoms with van der Waals surface area (Å²) < 4.78 is 39.7. The number of hydrogen-bond donors (Lipinski definition) is 2. The molecule has 30 heavy (non-hydrogen) atoms. The van der Waals surface area contributed by atoms with Gasteiger partial charge in [-0.2, -0.15) is 0 Å². The summed E-state index contributed by atoms with van der Waals surface area (Å²) in [5.74, 6) is -2.67. The molecule has 0 saturated carbocycles. The average molecular weight is 415 g/mol. The number of furan rings is 1. The minimum atomic E-state index is -3.00. The van der Waals surface area contributed by atoms with Crippen LogP contribution in [0.25, 0.3) is 11.0 Å². The summed E-state index contributed by atoms with van der Waals surface area (Å²) in [4.78, 5) is 17.2. The average Bonchev–Trinajstić information content (AvgIpc) is 3.04. The second-order valence-corrected chi connectivity index (χ2v) is 7.50. The Bertz CT molecular complexity index is 1080. The van der Waals surface area contributed by atoms with E-state index >= 15 is 0 Å². The van der Waals surface area contributed by atoms with Crippen molar-refractivity contribution in [2.45, 2.75) is 38.8 Å². The molecular formula is C22H23F2N3O3. The normalized spacial score (nSPS) is 18.3. The van der Waals surface area contributed by atoms with Crippen molar-refractivity contribution in [2.24, 2.45) is 0 Å². The first-order valence-corrected chi connectivity index (χ1v) is 9.81. The minimum absolute atomic E-state index is 0.158. The molecule has 158 valence electrons. The number of piperidine rings is 1. The fourth-order valence-electron chi connectivity index (χ4n) is 3.64. The predicted octanol–water partition coefficient (Wildman–Crippen LogP) is 3.75. The van der Waals surface area contributed by atoms with Gasteiger partial charge in [0.1, 0.15) is 23.7 Å². The number of carbonyl (C=O) groups excluding carboxylic acids is 1. The number of aromatic nitrogens is 1. The second-order valence-electron chi connectivity index (χ2n) is 7.50. The minimum Gasteiger partial charge on any atom is -0.487 e. The largest absolute Gasteiger partial charge is 0.487 e. The van der Waals surface area contributed by atoms with Crippen molar-refractivity contribution < 1.29 is 22.7 Å². The Labute approximate surface area is 172 Å². The SMILES string of the molecule is Cc1cccnc1COc1ccc2oc(C)c(C(=O)NC3CCNCC3(F)F)c2c1. The number of fused-ring (bicyclic) bond motifs is 1. The van der Waals surface area contributed by atoms with Crippen LogP contribution >= 0.6 is 0 Å². The summed E-state index contributed by atoms with van der Waals surface area (Å²) in [6.07, 6.45) is 1.86. The van der Waals surface area contributed by atoms with Crippen LogP contribution in [0.3, 0.4) is 0 Å². The number of rotatable bonds is 5. The van der Waals surface area contributed by atoms with Gasteiger partial charge in [-0.3, -0.25) is 9.78 Å². The number of pyridine rings is 1. The molecule has 1 fully saturated rings. The number of alkyl halides is 2. The number of halogens is 2. The van der Waals surface area contributed by atoms with Crippen molar-refractivity contribution in [1.82, 2.24) is 15.6 Å². The number of amides is 1. The molecule has 0 radical (unpaired) electrons. The highest BCUT2D eigenvalue weighted by Gasteiger charge is 2.42. The predicted molar refractivity (Wildman–Crippen MR) is 108 cm³/mol. The van der Waals surface area contributed by atoms with E-state index in [1.165, 1.54) is 0 Å². The van der Waals surface area contributed by atoms with Gasteiger partial charge in [-0.25, -0.2) is 8.78 Å². The molecule has 3 heterocycles. The van der Waals surface area contributed by atoms with Crippen molar-refractivity contribution >= 4 is 16.9 Å². The van der Waals surface area contributed by atoms with E-state index < -0.39 is 24.4 Å². The van der Waals surface area contributed by atoms with E-state index in [4.69, 9.17) is 9.15 Å². The van der Waals surface area contributed by atoms with Crippen molar-refractivity contribution in [2.75, 3.05) is 13.1 Å². The molecule has 3 aromatic rings. The number of aryl methyl sites for hydroxylation is 2. The Balaban J connectivity index is 1.57. The maximum atomic E-state index is 14.1. The third-order valence-corrected chi connectivity index (χ3v) is 5.34. The first-order chi connectivity index (χ1) is 14.3. The van der Waals surface area contributed by atoms with Crippen molar-refractivity contribution in [3.05, 3.63) is 59.1 Å². The summed E-state index contributed by atoms with van der Waals surface area (Å²) in [5, 5.41) is 5.67. The van der Waals surface area contributed by atoms with Crippen LogP contribution in [0.4, 0.5) is 8.78 Å². The van der Waals surface area contributed by atoms with Crippen molar-refractivity contribution in [1.29, 1.82) is 0 Å². The second kappa shape index (κ2) is 8.02. The lowest BCUT2D eigenvalue weighted by Gasteiger charge is -2.32. The Hall–Kier alpha value is -3.00. The summed E-state index contributed by atoms with van der Waals surface area (Å²) in [7, 11) is 0. The molecular weight excluding hydrogens is 392 g/mol. The Morgan fingerprint density at radius 1 is 1.37 bits per heavy atom. The molecule has 1 unspecified atom stereocenters. The third-order valence-electron chi connectivity index (χ3n) is 5.34. The summed E-state index contributed by atoms with van der Waals surface area (Å²) >= 11 is 0. The fraction of sp³-hybridized carbons (Fsp3) is 0.364. The molecule has 1 saturated heterocycles. The van der Waals surface area contributed by atoms with E-state index in [1.54, 1.807) is 31.3 Å². The Kier molecular flexibility index (Phi) is 5.42. The molecule has 6 nitrogen and oxygen atoms in total. The highest BCUT2D eigenvalue weighted by molar-refractivity contribution is 6.07. The van der Waals surface area contributed by atoms with Gasteiger partial charge < -0.3 is 19.8 Å². The maximum Gasteiger partial charge on any atom is 0.280 e. The number of hydrogen-bond acceptors (Lipinski definition) is 5. The van der Waals surface area contributed by atoms with E-state index in [0.29, 0.717) is 29.0 Å². The van der Waals surface area contributed by atoms with Gasteiger partial charge in [0.2, 0.25) is 0 Å². The topological polar surface area (TPSA) is 76.4 Å². The van der Waals surface area contributed by atoms with E-state index in [1.807, 2.05) is 19.1 Å². The number of nitrogens with one attached hydrogen (secondary N) is 2. The molecule has 1 atom stereocenters. The Morgan fingerprint density at radius 3 is 2.97 bits per heavy atom. The lowest BCUT2D eigenvalue weighted by Crippen LogP contribution is -2.57. The number of nitrogens with zero attached hydrogens (tertiary/aromatic N) is 1. The van der Waals surface area contributed by atoms with Gasteiger partial charge in [0, 0.05) is 11.6 Å². The lowest BCUT2D eigenvalue weighted by molar-refractivity contribution is -0.0487. The first-order valence-electron chi connectivity index (χ1n) is 9.81. The maximum absolute atomic E-state index is 14.1. The van der Waals surface area contributed by atoms with Crippen LogP contribution in [0.15, 0.2) is 40.9 Å². The third kappa shape index (κ3) is 4.00. The molecule has 0 spiro atoms. The summed E-state index contributed by atoms with van der Waals surface area (Å²) in [5.41, 5.74) is 2.57. The Morgan fingerprint density at radius 2 is 2.20 bits per heavy atom.